The van der Waals surface area contributed by atoms with Crippen molar-refractivity contribution in [3.05, 3.63) is 41.3 Å². The van der Waals surface area contributed by atoms with Crippen LogP contribution in [-0.2, 0) is 9.59 Å². The van der Waals surface area contributed by atoms with E-state index >= 15 is 0 Å². The van der Waals surface area contributed by atoms with Crippen molar-refractivity contribution in [2.75, 3.05) is 16.8 Å². The molecule has 0 saturated carbocycles. The number of nitrogens with zero attached hydrogens (tertiary/aromatic N) is 2. The second-order valence-electron chi connectivity index (χ2n) is 4.97. The number of rotatable bonds is 2. The average Bonchev–Trinajstić information content (AvgIpc) is 3.00. The van der Waals surface area contributed by atoms with Crippen molar-refractivity contribution in [2.45, 2.75) is 13.0 Å². The summed E-state index contributed by atoms with van der Waals surface area (Å²) in [6.07, 6.45) is -0.831. The number of fused-ring (bicyclic) bond motifs is 1. The number of para-hydroxylation sites is 2. The molecule has 0 bridgehead atoms. The molecule has 7 heteroatoms. The van der Waals surface area contributed by atoms with Gasteiger partial charge in [0.2, 0.25) is 5.91 Å². The number of benzene rings is 1. The molecule has 1 aliphatic rings. The number of anilines is 2. The summed E-state index contributed by atoms with van der Waals surface area (Å²) >= 11 is 1.27. The molecule has 3 rings (SSSR count). The molecule has 2 amide bonds. The van der Waals surface area contributed by atoms with Crippen molar-refractivity contribution in [3.8, 4) is 11.8 Å². The van der Waals surface area contributed by atoms with E-state index in [-0.39, 0.29) is 18.4 Å². The van der Waals surface area contributed by atoms with E-state index in [4.69, 9.17) is 10.00 Å². The maximum Gasteiger partial charge on any atom is 0.267 e. The summed E-state index contributed by atoms with van der Waals surface area (Å²) in [5.74, 6) is -0.0575. The van der Waals surface area contributed by atoms with E-state index in [1.54, 1.807) is 29.6 Å². The highest BCUT2D eigenvalue weighted by atomic mass is 32.1. The van der Waals surface area contributed by atoms with E-state index < -0.39 is 6.10 Å². The lowest BCUT2D eigenvalue weighted by atomic mass is 10.1. The van der Waals surface area contributed by atoms with E-state index in [1.165, 1.54) is 23.2 Å². The Balaban J connectivity index is 1.83. The van der Waals surface area contributed by atoms with Gasteiger partial charge in [-0.2, -0.15) is 5.26 Å². The summed E-state index contributed by atoms with van der Waals surface area (Å²) in [6, 6.07) is 10.7. The van der Waals surface area contributed by atoms with Crippen LogP contribution < -0.4 is 15.0 Å². The van der Waals surface area contributed by atoms with Crippen molar-refractivity contribution in [2.24, 2.45) is 0 Å². The highest BCUT2D eigenvalue weighted by Gasteiger charge is 2.32. The maximum atomic E-state index is 12.4. The molecule has 0 spiro atoms. The topological polar surface area (TPSA) is 82.4 Å². The Morgan fingerprint density at radius 2 is 2.17 bits per heavy atom. The molecular weight excluding hydrogens is 314 g/mol. The van der Waals surface area contributed by atoms with Gasteiger partial charge in [-0.3, -0.25) is 9.59 Å². The first-order valence-corrected chi connectivity index (χ1v) is 7.80. The van der Waals surface area contributed by atoms with Crippen molar-refractivity contribution in [3.63, 3.8) is 0 Å². The van der Waals surface area contributed by atoms with E-state index in [0.717, 1.165) is 0 Å². The molecule has 1 N–H and O–H groups in total. The molecule has 1 unspecified atom stereocenters. The molecule has 0 saturated heterocycles. The number of thiophene rings is 1. The first-order valence-electron chi connectivity index (χ1n) is 6.92. The molecule has 6 nitrogen and oxygen atoms in total. The quantitative estimate of drug-likeness (QED) is 0.918. The minimum atomic E-state index is -0.831. The molecule has 0 radical (unpaired) electrons. The van der Waals surface area contributed by atoms with Crippen LogP contribution in [0.4, 0.5) is 10.7 Å². The molecule has 116 valence electrons. The van der Waals surface area contributed by atoms with Gasteiger partial charge in [-0.15, -0.1) is 11.3 Å². The predicted octanol–water partition coefficient (Wildman–Crippen LogP) is 2.37. The molecule has 1 aromatic carbocycles. The number of ether oxygens (including phenoxy) is 1. The van der Waals surface area contributed by atoms with Gasteiger partial charge in [0.05, 0.1) is 17.8 Å². The lowest BCUT2D eigenvalue weighted by Crippen LogP contribution is -2.48. The van der Waals surface area contributed by atoms with Crippen LogP contribution in [-0.4, -0.2) is 24.5 Å². The van der Waals surface area contributed by atoms with Gasteiger partial charge in [0.1, 0.15) is 16.8 Å². The summed E-state index contributed by atoms with van der Waals surface area (Å²) in [5.41, 5.74) is 1.06. The zero-order chi connectivity index (χ0) is 16.4. The third kappa shape index (κ3) is 2.89. The highest BCUT2D eigenvalue weighted by molar-refractivity contribution is 7.14. The first-order chi connectivity index (χ1) is 11.1. The highest BCUT2D eigenvalue weighted by Crippen LogP contribution is 2.33. The van der Waals surface area contributed by atoms with Crippen LogP contribution in [0.3, 0.4) is 0 Å². The summed E-state index contributed by atoms with van der Waals surface area (Å²) in [7, 11) is 0. The number of carbonyl (C=O) groups is 2. The van der Waals surface area contributed by atoms with Gasteiger partial charge in [-0.1, -0.05) is 12.1 Å². The molecule has 1 atom stereocenters. The lowest BCUT2D eigenvalue weighted by molar-refractivity contribution is -0.123. The fourth-order valence-electron chi connectivity index (χ4n) is 2.36. The Kier molecular flexibility index (Phi) is 4.00. The molecule has 0 aliphatic carbocycles. The molecule has 23 heavy (non-hydrogen) atoms. The van der Waals surface area contributed by atoms with Gasteiger partial charge in [-0.05, 0) is 23.6 Å². The van der Waals surface area contributed by atoms with E-state index in [2.05, 4.69) is 5.32 Å². The Bertz CT molecular complexity index is 809. The predicted molar refractivity (Wildman–Crippen MR) is 86.5 cm³/mol. The number of nitriles is 1. The molecule has 1 aromatic heterocycles. The standard InChI is InChI=1S/C16H13N3O3S/c1-10(20)19-9-14(22-13-5-3-2-4-12(13)19)15(21)18-16-11(8-17)6-7-23-16/h2-7,14H,9H2,1H3,(H,18,21). The Labute approximate surface area is 136 Å². The molecule has 1 aliphatic heterocycles. The van der Waals surface area contributed by atoms with Crippen molar-refractivity contribution >= 4 is 33.8 Å². The third-order valence-electron chi connectivity index (χ3n) is 3.47. The smallest absolute Gasteiger partial charge is 0.267 e. The van der Waals surface area contributed by atoms with Gasteiger partial charge in [0.15, 0.2) is 6.10 Å². The van der Waals surface area contributed by atoms with Crippen LogP contribution in [0.15, 0.2) is 35.7 Å². The lowest BCUT2D eigenvalue weighted by Gasteiger charge is -2.33. The molecule has 2 heterocycles. The van der Waals surface area contributed by atoms with Crippen LogP contribution >= 0.6 is 11.3 Å². The second-order valence-corrected chi connectivity index (χ2v) is 5.88. The summed E-state index contributed by atoms with van der Waals surface area (Å²) in [5, 5.41) is 13.9. The fraction of sp³-hybridized carbons (Fsp3) is 0.188. The van der Waals surface area contributed by atoms with Gasteiger partial charge in [0, 0.05) is 6.92 Å². The number of carbonyl (C=O) groups excluding carboxylic acids is 2. The van der Waals surface area contributed by atoms with Crippen LogP contribution in [0.2, 0.25) is 0 Å². The van der Waals surface area contributed by atoms with E-state index in [0.29, 0.717) is 22.0 Å². The van der Waals surface area contributed by atoms with Crippen LogP contribution in [0.5, 0.6) is 5.75 Å². The number of amides is 2. The Morgan fingerprint density at radius 3 is 2.91 bits per heavy atom. The van der Waals surface area contributed by atoms with Gasteiger partial charge in [-0.25, -0.2) is 0 Å². The fourth-order valence-corrected chi connectivity index (χ4v) is 3.10. The van der Waals surface area contributed by atoms with Gasteiger partial charge >= 0.3 is 0 Å². The maximum absolute atomic E-state index is 12.4. The Hall–Kier alpha value is -2.85. The van der Waals surface area contributed by atoms with Crippen LogP contribution in [0.1, 0.15) is 12.5 Å². The monoisotopic (exact) mass is 327 g/mol. The minimum Gasteiger partial charge on any atom is -0.476 e. The minimum absolute atomic E-state index is 0.130. The van der Waals surface area contributed by atoms with Gasteiger partial charge < -0.3 is 15.0 Å². The van der Waals surface area contributed by atoms with Crippen LogP contribution in [0.25, 0.3) is 0 Å². The number of nitrogens with one attached hydrogen (secondary N) is 1. The average molecular weight is 327 g/mol. The van der Waals surface area contributed by atoms with Crippen molar-refractivity contribution < 1.29 is 14.3 Å². The van der Waals surface area contributed by atoms with Gasteiger partial charge in [0.25, 0.3) is 5.91 Å². The first kappa shape index (κ1) is 15.1. The van der Waals surface area contributed by atoms with Crippen molar-refractivity contribution in [1.29, 1.82) is 5.26 Å². The molecule has 2 aromatic rings. The second kappa shape index (κ2) is 6.10. The normalized spacial score (nSPS) is 16.0. The summed E-state index contributed by atoms with van der Waals surface area (Å²) in [6.45, 7) is 1.58. The molecule has 0 fully saturated rings. The number of hydrogen-bond donors (Lipinski definition) is 1. The largest absolute Gasteiger partial charge is 0.476 e. The zero-order valence-electron chi connectivity index (χ0n) is 12.3. The summed E-state index contributed by atoms with van der Waals surface area (Å²) < 4.78 is 5.71. The SMILES string of the molecule is CC(=O)N1CC(C(=O)Nc2sccc2C#N)Oc2ccccc21. The zero-order valence-corrected chi connectivity index (χ0v) is 13.1. The van der Waals surface area contributed by atoms with E-state index in [9.17, 15) is 9.59 Å². The Morgan fingerprint density at radius 1 is 1.39 bits per heavy atom. The third-order valence-corrected chi connectivity index (χ3v) is 4.30. The number of hydrogen-bond acceptors (Lipinski definition) is 5. The molecular formula is C16H13N3O3S. The summed E-state index contributed by atoms with van der Waals surface area (Å²) in [4.78, 5) is 25.8. The van der Waals surface area contributed by atoms with Crippen LogP contribution in [0, 0.1) is 11.3 Å². The van der Waals surface area contributed by atoms with Crippen molar-refractivity contribution in [1.82, 2.24) is 0 Å². The van der Waals surface area contributed by atoms with E-state index in [1.807, 2.05) is 12.1 Å².